The average molecular weight is 415 g/mol. The van der Waals surface area contributed by atoms with Gasteiger partial charge in [0.1, 0.15) is 17.7 Å². The van der Waals surface area contributed by atoms with Crippen molar-refractivity contribution >= 4 is 27.7 Å². The number of hydrogen-bond donors (Lipinski definition) is 1. The maximum absolute atomic E-state index is 12.9. The Morgan fingerprint density at radius 2 is 1.97 bits per heavy atom. The number of carbonyl (C=O) groups excluding carboxylic acids is 1. The van der Waals surface area contributed by atoms with Crippen LogP contribution in [-0.2, 0) is 19.6 Å². The minimum Gasteiger partial charge on any atom is -0.494 e. The first-order valence-electron chi connectivity index (χ1n) is 8.53. The van der Waals surface area contributed by atoms with Crippen molar-refractivity contribution in [3.63, 3.8) is 0 Å². The maximum Gasteiger partial charge on any atom is 0.302 e. The number of aryl methyl sites for hydroxylation is 1. The molecule has 0 aliphatic carbocycles. The number of amides is 1. The van der Waals surface area contributed by atoms with Crippen molar-refractivity contribution in [3.8, 4) is 11.5 Å². The number of benzene rings is 1. The molecule has 0 spiro atoms. The van der Waals surface area contributed by atoms with E-state index in [4.69, 9.17) is 13.6 Å². The lowest BCUT2D eigenvalue weighted by atomic mass is 10.1. The molecule has 9 nitrogen and oxygen atoms in total. The molecule has 0 saturated carbocycles. The number of nitrogens with one attached hydrogen (secondary N) is 1. The standard InChI is InChI=1S/C19H17N3O6S/c1-11-8-9-14(28-11)13-10-27-19(20-13)21-18(23)16-17(26-3)12-6-4-5-7-15(12)29(24,25)22(16)2/h4-10H,1-3H3,(H,20,21,23). The van der Waals surface area contributed by atoms with Crippen LogP contribution in [0.5, 0.6) is 0 Å². The van der Waals surface area contributed by atoms with Gasteiger partial charge in [0.05, 0.1) is 12.0 Å². The lowest BCUT2D eigenvalue weighted by Crippen LogP contribution is -2.37. The van der Waals surface area contributed by atoms with E-state index in [-0.39, 0.29) is 22.4 Å². The molecule has 1 N–H and O–H groups in total. The third-order valence-corrected chi connectivity index (χ3v) is 6.25. The van der Waals surface area contributed by atoms with Gasteiger partial charge in [0.2, 0.25) is 0 Å². The van der Waals surface area contributed by atoms with Gasteiger partial charge in [-0.2, -0.15) is 4.98 Å². The van der Waals surface area contributed by atoms with Crippen LogP contribution >= 0.6 is 0 Å². The second kappa shape index (κ2) is 6.82. The quantitative estimate of drug-likeness (QED) is 0.697. The van der Waals surface area contributed by atoms with Gasteiger partial charge in [-0.05, 0) is 31.2 Å². The Morgan fingerprint density at radius 1 is 1.21 bits per heavy atom. The van der Waals surface area contributed by atoms with Crippen molar-refractivity contribution in [1.29, 1.82) is 0 Å². The summed E-state index contributed by atoms with van der Waals surface area (Å²) < 4.78 is 42.7. The molecular formula is C19H17N3O6S. The highest BCUT2D eigenvalue weighted by molar-refractivity contribution is 7.89. The van der Waals surface area contributed by atoms with E-state index in [9.17, 15) is 13.2 Å². The number of likely N-dealkylation sites (N-methyl/N-ethyl adjacent to an activating group) is 1. The topological polar surface area (TPSA) is 115 Å². The summed E-state index contributed by atoms with van der Waals surface area (Å²) >= 11 is 0. The first-order chi connectivity index (χ1) is 13.8. The smallest absolute Gasteiger partial charge is 0.302 e. The monoisotopic (exact) mass is 415 g/mol. The predicted molar refractivity (Wildman–Crippen MR) is 103 cm³/mol. The third kappa shape index (κ3) is 3.07. The fraction of sp³-hybridized carbons (Fsp3) is 0.158. The fourth-order valence-corrected chi connectivity index (χ4v) is 4.43. The summed E-state index contributed by atoms with van der Waals surface area (Å²) in [6.07, 6.45) is 1.33. The number of oxazole rings is 1. The number of ether oxygens (including phenoxy) is 1. The highest BCUT2D eigenvalue weighted by atomic mass is 32.2. The summed E-state index contributed by atoms with van der Waals surface area (Å²) in [5.41, 5.74) is 0.515. The highest BCUT2D eigenvalue weighted by Gasteiger charge is 2.38. The number of furan rings is 1. The largest absolute Gasteiger partial charge is 0.494 e. The van der Waals surface area contributed by atoms with Crippen molar-refractivity contribution in [2.24, 2.45) is 0 Å². The SMILES string of the molecule is COC1=C(C(=O)Nc2nc(-c3ccc(C)o3)co2)N(C)S(=O)(=O)c2ccccc21. The van der Waals surface area contributed by atoms with Gasteiger partial charge in [-0.3, -0.25) is 14.4 Å². The summed E-state index contributed by atoms with van der Waals surface area (Å²) in [6.45, 7) is 1.79. The van der Waals surface area contributed by atoms with Crippen LogP contribution in [0.25, 0.3) is 17.2 Å². The molecule has 1 aliphatic rings. The number of nitrogens with zero attached hydrogens (tertiary/aromatic N) is 2. The molecule has 0 unspecified atom stereocenters. The summed E-state index contributed by atoms with van der Waals surface area (Å²) in [5.74, 6) is 0.571. The second-order valence-electron chi connectivity index (χ2n) is 6.25. The van der Waals surface area contributed by atoms with Gasteiger partial charge in [-0.25, -0.2) is 8.42 Å². The van der Waals surface area contributed by atoms with Crippen LogP contribution in [0.4, 0.5) is 6.01 Å². The maximum atomic E-state index is 12.9. The van der Waals surface area contributed by atoms with E-state index in [1.807, 2.05) is 0 Å². The summed E-state index contributed by atoms with van der Waals surface area (Å²) in [4.78, 5) is 17.1. The molecule has 0 radical (unpaired) electrons. The lowest BCUT2D eigenvalue weighted by molar-refractivity contribution is -0.113. The Bertz CT molecular complexity index is 1240. The van der Waals surface area contributed by atoms with E-state index in [1.54, 1.807) is 37.3 Å². The first kappa shape index (κ1) is 18.8. The lowest BCUT2D eigenvalue weighted by Gasteiger charge is -2.29. The van der Waals surface area contributed by atoms with Crippen LogP contribution in [0.2, 0.25) is 0 Å². The van der Waals surface area contributed by atoms with Gasteiger partial charge in [-0.15, -0.1) is 0 Å². The van der Waals surface area contributed by atoms with Crippen molar-refractivity contribution in [2.45, 2.75) is 11.8 Å². The van der Waals surface area contributed by atoms with Gasteiger partial charge in [0.15, 0.2) is 17.2 Å². The van der Waals surface area contributed by atoms with Gasteiger partial charge in [0, 0.05) is 12.6 Å². The van der Waals surface area contributed by atoms with E-state index in [0.717, 1.165) is 4.31 Å². The van der Waals surface area contributed by atoms with Gasteiger partial charge >= 0.3 is 6.01 Å². The zero-order valence-electron chi connectivity index (χ0n) is 15.8. The van der Waals surface area contributed by atoms with Crippen LogP contribution in [0.1, 0.15) is 11.3 Å². The van der Waals surface area contributed by atoms with E-state index >= 15 is 0 Å². The molecule has 0 saturated heterocycles. The summed E-state index contributed by atoms with van der Waals surface area (Å²) in [6, 6.07) is 9.70. The Kier molecular flexibility index (Phi) is 4.42. The molecule has 1 amide bonds. The van der Waals surface area contributed by atoms with Gasteiger partial charge in [0.25, 0.3) is 15.9 Å². The number of methoxy groups -OCH3 is 1. The second-order valence-corrected chi connectivity index (χ2v) is 8.19. The van der Waals surface area contributed by atoms with E-state index < -0.39 is 15.9 Å². The van der Waals surface area contributed by atoms with Gasteiger partial charge in [-0.1, -0.05) is 12.1 Å². The molecule has 0 atom stereocenters. The van der Waals surface area contributed by atoms with Crippen molar-refractivity contribution in [1.82, 2.24) is 9.29 Å². The normalized spacial score (nSPS) is 15.2. The third-order valence-electron chi connectivity index (χ3n) is 4.44. The molecule has 29 heavy (non-hydrogen) atoms. The number of anilines is 1. The molecule has 1 aliphatic heterocycles. The number of aromatic nitrogens is 1. The molecule has 1 aromatic carbocycles. The molecule has 3 heterocycles. The number of hydrogen-bond acceptors (Lipinski definition) is 7. The fourth-order valence-electron chi connectivity index (χ4n) is 3.04. The van der Waals surface area contributed by atoms with Gasteiger partial charge < -0.3 is 13.6 Å². The molecule has 4 rings (SSSR count). The van der Waals surface area contributed by atoms with Crippen LogP contribution in [0.3, 0.4) is 0 Å². The summed E-state index contributed by atoms with van der Waals surface area (Å²) in [7, 11) is -1.26. The first-order valence-corrected chi connectivity index (χ1v) is 9.97. The number of sulfonamides is 1. The van der Waals surface area contributed by atoms with E-state index in [2.05, 4.69) is 10.3 Å². The molecule has 0 bridgehead atoms. The van der Waals surface area contributed by atoms with Crippen LogP contribution < -0.4 is 5.32 Å². The Hall–Kier alpha value is -3.53. The predicted octanol–water partition coefficient (Wildman–Crippen LogP) is 2.83. The average Bonchev–Trinajstić information content (AvgIpc) is 3.33. The van der Waals surface area contributed by atoms with Crippen molar-refractivity contribution in [3.05, 3.63) is 59.7 Å². The molecular weight excluding hydrogens is 398 g/mol. The Morgan fingerprint density at radius 3 is 2.66 bits per heavy atom. The minimum absolute atomic E-state index is 0.0579. The van der Waals surface area contributed by atoms with Crippen LogP contribution in [-0.4, -0.2) is 37.8 Å². The van der Waals surface area contributed by atoms with Crippen molar-refractivity contribution < 1.29 is 26.8 Å². The Balaban J connectivity index is 1.71. The molecule has 0 fully saturated rings. The number of rotatable bonds is 4. The number of fused-ring (bicyclic) bond motifs is 1. The number of carbonyl (C=O) groups is 1. The molecule has 10 heteroatoms. The zero-order chi connectivity index (χ0) is 20.8. The van der Waals surface area contributed by atoms with Crippen molar-refractivity contribution in [2.75, 3.05) is 19.5 Å². The zero-order valence-corrected chi connectivity index (χ0v) is 16.6. The molecule has 2 aromatic heterocycles. The van der Waals surface area contributed by atoms with Crippen LogP contribution in [0.15, 0.2) is 62.1 Å². The highest BCUT2D eigenvalue weighted by Crippen LogP contribution is 2.36. The molecule has 150 valence electrons. The minimum atomic E-state index is -3.92. The summed E-state index contributed by atoms with van der Waals surface area (Å²) in [5, 5.41) is 2.47. The van der Waals surface area contributed by atoms with Crippen LogP contribution in [0, 0.1) is 6.92 Å². The molecule has 3 aromatic rings. The van der Waals surface area contributed by atoms with E-state index in [1.165, 1.54) is 26.5 Å². The Labute approximate surface area is 166 Å². The van der Waals surface area contributed by atoms with E-state index in [0.29, 0.717) is 22.8 Å².